The van der Waals surface area contributed by atoms with Gasteiger partial charge >= 0.3 is 0 Å². The third kappa shape index (κ3) is 1.73. The summed E-state index contributed by atoms with van der Waals surface area (Å²) >= 11 is 0. The van der Waals surface area contributed by atoms with E-state index in [1.165, 1.54) is 0 Å². The van der Waals surface area contributed by atoms with Crippen LogP contribution in [0.5, 0.6) is 0 Å². The van der Waals surface area contributed by atoms with Crippen LogP contribution in [0.25, 0.3) is 0 Å². The Labute approximate surface area is 65.7 Å². The maximum Gasteiger partial charge on any atom is 0.139 e. The molecule has 0 aliphatic heterocycles. The Morgan fingerprint density at radius 3 is 2.36 bits per heavy atom. The first-order chi connectivity index (χ1) is 5.24. The Bertz CT molecular complexity index is 271. The number of hydrogen-bond acceptors (Lipinski definition) is 2. The molecule has 1 aromatic rings. The highest BCUT2D eigenvalue weighted by Gasteiger charge is 2.00. The van der Waals surface area contributed by atoms with Crippen LogP contribution in [-0.2, 0) is 0 Å². The molecule has 1 rings (SSSR count). The van der Waals surface area contributed by atoms with Gasteiger partial charge < -0.3 is 10.8 Å². The van der Waals surface area contributed by atoms with Gasteiger partial charge in [0.2, 0.25) is 0 Å². The third-order valence-electron chi connectivity index (χ3n) is 1.41. The molecule has 0 heterocycles. The normalized spacial score (nSPS) is 12.0. The van der Waals surface area contributed by atoms with Crippen molar-refractivity contribution >= 4 is 5.69 Å². The molecular formula is C9H9NO. The van der Waals surface area contributed by atoms with E-state index in [9.17, 15) is 0 Å². The summed E-state index contributed by atoms with van der Waals surface area (Å²) in [6, 6.07) is 6.82. The van der Waals surface area contributed by atoms with Crippen molar-refractivity contribution in [2.45, 2.75) is 6.10 Å². The van der Waals surface area contributed by atoms with Crippen molar-refractivity contribution < 1.29 is 5.11 Å². The Morgan fingerprint density at radius 2 is 1.91 bits per heavy atom. The van der Waals surface area contributed by atoms with Crippen molar-refractivity contribution in [1.82, 2.24) is 0 Å². The van der Waals surface area contributed by atoms with Gasteiger partial charge in [-0.3, -0.25) is 0 Å². The lowest BCUT2D eigenvalue weighted by atomic mass is 10.1. The molecule has 1 atom stereocenters. The fourth-order valence-electron chi connectivity index (χ4n) is 0.775. The first-order valence-corrected chi connectivity index (χ1v) is 3.23. The predicted molar refractivity (Wildman–Crippen MR) is 44.6 cm³/mol. The molecule has 0 fully saturated rings. The molecule has 0 saturated carbocycles. The van der Waals surface area contributed by atoms with E-state index in [0.29, 0.717) is 11.3 Å². The molecule has 0 spiro atoms. The highest BCUT2D eigenvalue weighted by Crippen LogP contribution is 2.12. The summed E-state index contributed by atoms with van der Waals surface area (Å²) in [5.74, 6) is 2.22. The zero-order valence-corrected chi connectivity index (χ0v) is 5.99. The fraction of sp³-hybridized carbons (Fsp3) is 0.111. The van der Waals surface area contributed by atoms with Crippen LogP contribution in [0.15, 0.2) is 24.3 Å². The number of hydrogen-bond donors (Lipinski definition) is 2. The molecule has 0 bridgehead atoms. The van der Waals surface area contributed by atoms with E-state index >= 15 is 0 Å². The van der Waals surface area contributed by atoms with E-state index < -0.39 is 6.10 Å². The Balaban J connectivity index is 2.92. The Morgan fingerprint density at radius 1 is 1.36 bits per heavy atom. The number of benzene rings is 1. The van der Waals surface area contributed by atoms with Crippen LogP contribution in [0.3, 0.4) is 0 Å². The van der Waals surface area contributed by atoms with E-state index in [-0.39, 0.29) is 0 Å². The number of aliphatic hydroxyl groups is 1. The SMILES string of the molecule is C#CC(O)c1ccc(N)cc1. The first-order valence-electron chi connectivity index (χ1n) is 3.23. The van der Waals surface area contributed by atoms with Gasteiger partial charge in [0.15, 0.2) is 0 Å². The van der Waals surface area contributed by atoms with Gasteiger partial charge in [0, 0.05) is 5.69 Å². The molecule has 56 valence electrons. The molecule has 0 aliphatic rings. The van der Waals surface area contributed by atoms with Crippen molar-refractivity contribution in [3.63, 3.8) is 0 Å². The van der Waals surface area contributed by atoms with Crippen molar-refractivity contribution in [3.05, 3.63) is 29.8 Å². The van der Waals surface area contributed by atoms with E-state index in [1.807, 2.05) is 0 Å². The summed E-state index contributed by atoms with van der Waals surface area (Å²) in [5.41, 5.74) is 6.80. The summed E-state index contributed by atoms with van der Waals surface area (Å²) in [6.45, 7) is 0. The summed E-state index contributed by atoms with van der Waals surface area (Å²) in [4.78, 5) is 0. The molecule has 11 heavy (non-hydrogen) atoms. The van der Waals surface area contributed by atoms with Crippen LogP contribution in [0.4, 0.5) is 5.69 Å². The van der Waals surface area contributed by atoms with Gasteiger partial charge in [-0.15, -0.1) is 6.42 Å². The average molecular weight is 147 g/mol. The minimum Gasteiger partial charge on any atom is -0.399 e. The second-order valence-corrected chi connectivity index (χ2v) is 2.24. The Kier molecular flexibility index (Phi) is 2.15. The van der Waals surface area contributed by atoms with Crippen molar-refractivity contribution in [2.24, 2.45) is 0 Å². The first kappa shape index (κ1) is 7.64. The van der Waals surface area contributed by atoms with Gasteiger partial charge in [0.1, 0.15) is 6.10 Å². The van der Waals surface area contributed by atoms with Crippen LogP contribution in [0.1, 0.15) is 11.7 Å². The minimum absolute atomic E-state index is 0.665. The number of aliphatic hydroxyl groups excluding tert-OH is 1. The smallest absolute Gasteiger partial charge is 0.139 e. The molecular weight excluding hydrogens is 138 g/mol. The van der Waals surface area contributed by atoms with Crippen LogP contribution in [0.2, 0.25) is 0 Å². The van der Waals surface area contributed by atoms with Crippen molar-refractivity contribution in [3.8, 4) is 12.3 Å². The number of rotatable bonds is 1. The second-order valence-electron chi connectivity index (χ2n) is 2.24. The van der Waals surface area contributed by atoms with Crippen LogP contribution >= 0.6 is 0 Å². The highest BCUT2D eigenvalue weighted by molar-refractivity contribution is 5.40. The van der Waals surface area contributed by atoms with Gasteiger partial charge in [-0.2, -0.15) is 0 Å². The van der Waals surface area contributed by atoms with E-state index in [2.05, 4.69) is 5.92 Å². The maximum absolute atomic E-state index is 9.14. The number of nitrogens with two attached hydrogens (primary N) is 1. The standard InChI is InChI=1S/C9H9NO/c1-2-9(11)7-3-5-8(10)6-4-7/h1,3-6,9,11H,10H2. The molecule has 0 radical (unpaired) electrons. The largest absolute Gasteiger partial charge is 0.399 e. The van der Waals surface area contributed by atoms with Gasteiger partial charge in [0.05, 0.1) is 0 Å². The number of terminal acetylenes is 1. The third-order valence-corrected chi connectivity index (χ3v) is 1.41. The lowest BCUT2D eigenvalue weighted by Crippen LogP contribution is -1.93. The van der Waals surface area contributed by atoms with Crippen LogP contribution in [-0.4, -0.2) is 5.11 Å². The monoisotopic (exact) mass is 147 g/mol. The molecule has 0 aromatic heterocycles. The van der Waals surface area contributed by atoms with Crippen LogP contribution in [0, 0.1) is 12.3 Å². The van der Waals surface area contributed by atoms with E-state index in [4.69, 9.17) is 17.3 Å². The van der Waals surface area contributed by atoms with Crippen molar-refractivity contribution in [2.75, 3.05) is 5.73 Å². The van der Waals surface area contributed by atoms with E-state index in [0.717, 1.165) is 0 Å². The molecule has 3 N–H and O–H groups in total. The van der Waals surface area contributed by atoms with Crippen LogP contribution < -0.4 is 5.73 Å². The second kappa shape index (κ2) is 3.09. The highest BCUT2D eigenvalue weighted by atomic mass is 16.3. The lowest BCUT2D eigenvalue weighted by molar-refractivity contribution is 0.238. The molecule has 2 nitrogen and oxygen atoms in total. The topological polar surface area (TPSA) is 46.2 Å². The summed E-state index contributed by atoms with van der Waals surface area (Å²) in [6.07, 6.45) is 4.19. The molecule has 0 saturated heterocycles. The predicted octanol–water partition coefficient (Wildman–Crippen LogP) is 0.935. The van der Waals surface area contributed by atoms with Gasteiger partial charge in [-0.1, -0.05) is 18.1 Å². The van der Waals surface area contributed by atoms with Crippen molar-refractivity contribution in [1.29, 1.82) is 0 Å². The fourth-order valence-corrected chi connectivity index (χ4v) is 0.775. The maximum atomic E-state index is 9.14. The average Bonchev–Trinajstić information content (AvgIpc) is 2.05. The number of nitrogen functional groups attached to an aromatic ring is 1. The minimum atomic E-state index is -0.824. The van der Waals surface area contributed by atoms with Gasteiger partial charge in [-0.05, 0) is 17.7 Å². The van der Waals surface area contributed by atoms with E-state index in [1.54, 1.807) is 24.3 Å². The summed E-state index contributed by atoms with van der Waals surface area (Å²) < 4.78 is 0. The number of anilines is 1. The van der Waals surface area contributed by atoms with Gasteiger partial charge in [0.25, 0.3) is 0 Å². The molecule has 0 amide bonds. The zero-order valence-electron chi connectivity index (χ0n) is 5.99. The zero-order chi connectivity index (χ0) is 8.27. The van der Waals surface area contributed by atoms with Gasteiger partial charge in [-0.25, -0.2) is 0 Å². The quantitative estimate of drug-likeness (QED) is 0.458. The summed E-state index contributed by atoms with van der Waals surface area (Å²) in [7, 11) is 0. The molecule has 1 unspecified atom stereocenters. The Hall–Kier alpha value is -1.46. The molecule has 2 heteroatoms. The molecule has 0 aliphatic carbocycles. The lowest BCUT2D eigenvalue weighted by Gasteiger charge is -2.02. The molecule has 1 aromatic carbocycles. The summed E-state index contributed by atoms with van der Waals surface area (Å²) in [5, 5.41) is 9.14.